The van der Waals surface area contributed by atoms with Crippen molar-refractivity contribution in [2.45, 2.75) is 119 Å². The van der Waals surface area contributed by atoms with Crippen molar-refractivity contribution >= 4 is 0 Å². The standard InChI is InChI=1S/C29H50/c1-20(2)9-8-10-22(4)24-11-12-25-28(24,6)18-15-26-27(5)16-13-21(3)19-23(27)14-17-29(25,26)7/h14,20-22,24-26H,8-13,15-19H2,1-7H3/t21-,22+,24?,25?,26?,27-,28+,29-/m0/s1. The highest BCUT2D eigenvalue weighted by atomic mass is 14.7. The predicted octanol–water partition coefficient (Wildman–Crippen LogP) is 9.05. The second-order valence-corrected chi connectivity index (χ2v) is 13.3. The van der Waals surface area contributed by atoms with Gasteiger partial charge in [-0.3, -0.25) is 0 Å². The predicted molar refractivity (Wildman–Crippen MR) is 127 cm³/mol. The van der Waals surface area contributed by atoms with E-state index in [1.165, 1.54) is 70.6 Å². The molecule has 0 amide bonds. The normalized spacial score (nSPS) is 47.9. The van der Waals surface area contributed by atoms with Crippen LogP contribution in [0.15, 0.2) is 11.6 Å². The SMILES string of the molecule is CC(C)CCC[C@@H](C)C1CCC2[C@]3(C)CC=C4C[C@@H](C)CC[C@]4(C)C3CC[C@]12C. The first kappa shape index (κ1) is 22.0. The minimum atomic E-state index is 0.516. The van der Waals surface area contributed by atoms with Gasteiger partial charge in [0, 0.05) is 0 Å². The summed E-state index contributed by atoms with van der Waals surface area (Å²) in [6.07, 6.45) is 18.8. The molecule has 3 fully saturated rings. The second-order valence-electron chi connectivity index (χ2n) is 13.3. The topological polar surface area (TPSA) is 0 Å². The minimum absolute atomic E-state index is 0.516. The molecule has 0 heterocycles. The van der Waals surface area contributed by atoms with Crippen molar-refractivity contribution in [3.63, 3.8) is 0 Å². The Balaban J connectivity index is 1.55. The summed E-state index contributed by atoms with van der Waals surface area (Å²) in [6.45, 7) is 18.0. The number of fused-ring (bicyclic) bond motifs is 5. The van der Waals surface area contributed by atoms with E-state index in [0.29, 0.717) is 16.2 Å². The number of hydrogen-bond donors (Lipinski definition) is 0. The maximum atomic E-state index is 2.76. The van der Waals surface area contributed by atoms with Crippen molar-refractivity contribution in [2.75, 3.05) is 0 Å². The molecule has 0 spiro atoms. The highest BCUT2D eigenvalue weighted by molar-refractivity contribution is 5.27. The largest absolute Gasteiger partial charge is 0.0842 e. The van der Waals surface area contributed by atoms with E-state index >= 15 is 0 Å². The molecular formula is C29H50. The molecule has 3 saturated carbocycles. The van der Waals surface area contributed by atoms with Crippen molar-refractivity contribution < 1.29 is 0 Å². The van der Waals surface area contributed by atoms with Crippen molar-refractivity contribution in [3.8, 4) is 0 Å². The van der Waals surface area contributed by atoms with E-state index in [0.717, 1.165) is 35.5 Å². The average molecular weight is 399 g/mol. The Hall–Kier alpha value is -0.260. The van der Waals surface area contributed by atoms with Crippen molar-refractivity contribution in [1.82, 2.24) is 0 Å². The third kappa shape index (κ3) is 3.47. The Labute approximate surface area is 182 Å². The first-order valence-electron chi connectivity index (χ1n) is 13.3. The van der Waals surface area contributed by atoms with Gasteiger partial charge in [-0.2, -0.15) is 0 Å². The second kappa shape index (κ2) is 7.70. The van der Waals surface area contributed by atoms with Gasteiger partial charge < -0.3 is 0 Å². The van der Waals surface area contributed by atoms with Gasteiger partial charge in [-0.05, 0) is 103 Å². The van der Waals surface area contributed by atoms with Crippen LogP contribution in [0.4, 0.5) is 0 Å². The van der Waals surface area contributed by atoms with Crippen molar-refractivity contribution in [2.24, 2.45) is 51.8 Å². The van der Waals surface area contributed by atoms with E-state index in [1.807, 2.05) is 5.57 Å². The zero-order chi connectivity index (χ0) is 21.0. The third-order valence-corrected chi connectivity index (χ3v) is 11.1. The number of allylic oxidation sites excluding steroid dienone is 2. The highest BCUT2D eigenvalue weighted by Crippen LogP contribution is 2.72. The van der Waals surface area contributed by atoms with Gasteiger partial charge in [-0.25, -0.2) is 0 Å². The molecule has 4 aliphatic rings. The van der Waals surface area contributed by atoms with Crippen molar-refractivity contribution in [3.05, 3.63) is 11.6 Å². The molecule has 8 atom stereocenters. The molecule has 0 saturated heterocycles. The lowest BCUT2D eigenvalue weighted by Crippen LogP contribution is -2.56. The fourth-order valence-electron chi connectivity index (χ4n) is 9.52. The lowest BCUT2D eigenvalue weighted by atomic mass is 9.41. The summed E-state index contributed by atoms with van der Waals surface area (Å²) in [5, 5.41) is 0. The van der Waals surface area contributed by atoms with E-state index in [4.69, 9.17) is 0 Å². The zero-order valence-electron chi connectivity index (χ0n) is 20.8. The molecule has 0 nitrogen and oxygen atoms in total. The van der Waals surface area contributed by atoms with Crippen LogP contribution in [0.2, 0.25) is 0 Å². The number of rotatable bonds is 5. The van der Waals surface area contributed by atoms with Crippen LogP contribution in [0, 0.1) is 51.8 Å². The molecule has 0 aromatic rings. The van der Waals surface area contributed by atoms with E-state index in [2.05, 4.69) is 54.5 Å². The van der Waals surface area contributed by atoms with Crippen LogP contribution in [0.5, 0.6) is 0 Å². The molecule has 0 aromatic heterocycles. The van der Waals surface area contributed by atoms with Crippen LogP contribution in [-0.4, -0.2) is 0 Å². The smallest absolute Gasteiger partial charge is 0.00825 e. The summed E-state index contributed by atoms with van der Waals surface area (Å²) in [7, 11) is 0. The summed E-state index contributed by atoms with van der Waals surface area (Å²) < 4.78 is 0. The molecule has 0 heteroatoms. The van der Waals surface area contributed by atoms with Gasteiger partial charge >= 0.3 is 0 Å². The molecule has 4 aliphatic carbocycles. The Morgan fingerprint density at radius 1 is 0.897 bits per heavy atom. The number of hydrogen-bond acceptors (Lipinski definition) is 0. The van der Waals surface area contributed by atoms with Crippen LogP contribution in [0.3, 0.4) is 0 Å². The first-order valence-corrected chi connectivity index (χ1v) is 13.3. The summed E-state index contributed by atoms with van der Waals surface area (Å²) in [5.74, 6) is 5.57. The van der Waals surface area contributed by atoms with Gasteiger partial charge in [0.2, 0.25) is 0 Å². The Morgan fingerprint density at radius 3 is 2.38 bits per heavy atom. The molecule has 166 valence electrons. The molecule has 0 aliphatic heterocycles. The maximum absolute atomic E-state index is 2.76. The van der Waals surface area contributed by atoms with Gasteiger partial charge in [0.1, 0.15) is 0 Å². The van der Waals surface area contributed by atoms with Gasteiger partial charge in [-0.1, -0.05) is 79.4 Å². The lowest BCUT2D eigenvalue weighted by Gasteiger charge is -2.63. The molecule has 4 rings (SSSR count). The molecule has 0 radical (unpaired) electrons. The van der Waals surface area contributed by atoms with Crippen LogP contribution in [0.25, 0.3) is 0 Å². The Bertz CT molecular complexity index is 628. The summed E-state index contributed by atoms with van der Waals surface area (Å²) in [4.78, 5) is 0. The van der Waals surface area contributed by atoms with E-state index in [9.17, 15) is 0 Å². The summed E-state index contributed by atoms with van der Waals surface area (Å²) in [6, 6.07) is 0. The molecular weight excluding hydrogens is 348 g/mol. The Morgan fingerprint density at radius 2 is 1.66 bits per heavy atom. The van der Waals surface area contributed by atoms with Crippen LogP contribution >= 0.6 is 0 Å². The molecule has 29 heavy (non-hydrogen) atoms. The van der Waals surface area contributed by atoms with Gasteiger partial charge in [0.25, 0.3) is 0 Å². The van der Waals surface area contributed by atoms with Crippen LogP contribution in [-0.2, 0) is 0 Å². The van der Waals surface area contributed by atoms with Gasteiger partial charge in [0.15, 0.2) is 0 Å². The Kier molecular flexibility index (Phi) is 5.83. The third-order valence-electron chi connectivity index (χ3n) is 11.1. The maximum Gasteiger partial charge on any atom is -0.00825 e. The fourth-order valence-corrected chi connectivity index (χ4v) is 9.52. The van der Waals surface area contributed by atoms with Gasteiger partial charge in [0.05, 0.1) is 0 Å². The highest BCUT2D eigenvalue weighted by Gasteiger charge is 2.63. The quantitative estimate of drug-likeness (QED) is 0.405. The minimum Gasteiger partial charge on any atom is -0.0842 e. The van der Waals surface area contributed by atoms with Crippen molar-refractivity contribution in [1.29, 1.82) is 0 Å². The summed E-state index contributed by atoms with van der Waals surface area (Å²) >= 11 is 0. The zero-order valence-corrected chi connectivity index (χ0v) is 20.8. The molecule has 0 aromatic carbocycles. The molecule has 0 bridgehead atoms. The van der Waals surface area contributed by atoms with E-state index in [-0.39, 0.29) is 0 Å². The fraction of sp³-hybridized carbons (Fsp3) is 0.931. The van der Waals surface area contributed by atoms with E-state index in [1.54, 1.807) is 0 Å². The molecule has 0 N–H and O–H groups in total. The molecule has 3 unspecified atom stereocenters. The van der Waals surface area contributed by atoms with Gasteiger partial charge in [-0.15, -0.1) is 0 Å². The average Bonchev–Trinajstić information content (AvgIpc) is 3.00. The first-order chi connectivity index (χ1) is 13.6. The van der Waals surface area contributed by atoms with Crippen LogP contribution < -0.4 is 0 Å². The van der Waals surface area contributed by atoms with Crippen LogP contribution in [0.1, 0.15) is 119 Å². The van der Waals surface area contributed by atoms with E-state index < -0.39 is 0 Å². The monoisotopic (exact) mass is 398 g/mol. The summed E-state index contributed by atoms with van der Waals surface area (Å²) in [5.41, 5.74) is 3.53. The lowest BCUT2D eigenvalue weighted by molar-refractivity contribution is -0.111.